The quantitative estimate of drug-likeness (QED) is 0.149. The molecule has 0 amide bonds. The largest absolute Gasteiger partial charge is 0.453 e. The number of allylic oxidation sites excluding steroid dienone is 1. The van der Waals surface area contributed by atoms with Crippen LogP contribution >= 0.6 is 0 Å². The van der Waals surface area contributed by atoms with Gasteiger partial charge in [-0.3, -0.25) is 9.59 Å². The van der Waals surface area contributed by atoms with Gasteiger partial charge in [0.1, 0.15) is 0 Å². The molecule has 9 rings (SSSR count). The summed E-state index contributed by atoms with van der Waals surface area (Å²) in [4.78, 5) is 29.2. The van der Waals surface area contributed by atoms with Crippen LogP contribution in [0.4, 0.5) is 17.1 Å². The second kappa shape index (κ2) is 8.30. The number of fused-ring (bicyclic) bond motifs is 8. The van der Waals surface area contributed by atoms with Crippen LogP contribution in [0.3, 0.4) is 0 Å². The first kappa shape index (κ1) is 24.2. The number of hydrogen-bond acceptors (Lipinski definition) is 4. The van der Waals surface area contributed by atoms with E-state index in [1.54, 1.807) is 6.08 Å². The summed E-state index contributed by atoms with van der Waals surface area (Å²) in [5.41, 5.74) is 7.39. The van der Waals surface area contributed by atoms with Gasteiger partial charge in [-0.15, -0.1) is 0 Å². The Balaban J connectivity index is 1.20. The minimum atomic E-state index is -0.298. The van der Waals surface area contributed by atoms with E-state index in [0.29, 0.717) is 11.1 Å². The summed E-state index contributed by atoms with van der Waals surface area (Å²) < 4.78 is 6.36. The molecule has 0 spiro atoms. The monoisotopic (exact) mass is 555 g/mol. The van der Waals surface area contributed by atoms with Crippen LogP contribution in [0.5, 0.6) is 11.5 Å². The normalized spacial score (nSPS) is 15.6. The number of hydrogen-bond donors (Lipinski definition) is 0. The molecule has 43 heavy (non-hydrogen) atoms. The van der Waals surface area contributed by atoms with E-state index in [4.69, 9.17) is 4.74 Å². The maximum absolute atomic E-state index is 13.4. The van der Waals surface area contributed by atoms with E-state index in [1.165, 1.54) is 11.1 Å². The van der Waals surface area contributed by atoms with Crippen LogP contribution in [-0.4, -0.2) is 11.6 Å². The predicted molar refractivity (Wildman–Crippen MR) is 171 cm³/mol. The molecule has 0 saturated carbocycles. The lowest BCUT2D eigenvalue weighted by Gasteiger charge is -2.45. The molecule has 0 fully saturated rings. The highest BCUT2D eigenvalue weighted by Gasteiger charge is 2.42. The third-order valence-electron chi connectivity index (χ3n) is 9.29. The van der Waals surface area contributed by atoms with Gasteiger partial charge in [-0.05, 0) is 86.8 Å². The summed E-state index contributed by atoms with van der Waals surface area (Å²) in [5, 5.41) is 4.11. The van der Waals surface area contributed by atoms with Gasteiger partial charge >= 0.3 is 0 Å². The molecule has 2 heterocycles. The van der Waals surface area contributed by atoms with Gasteiger partial charge in [-0.2, -0.15) is 0 Å². The van der Waals surface area contributed by atoms with Crippen molar-refractivity contribution in [2.45, 2.75) is 19.3 Å². The summed E-state index contributed by atoms with van der Waals surface area (Å²) >= 11 is 0. The zero-order chi connectivity index (χ0) is 29.0. The first-order valence-corrected chi connectivity index (χ1v) is 14.5. The Labute approximate surface area is 248 Å². The number of Topliss-reactive ketones (excluding diaryl/α,β-unsaturated/α-hetero) is 2. The van der Waals surface area contributed by atoms with Crippen LogP contribution in [0.2, 0.25) is 0 Å². The number of ether oxygens (including phenoxy) is 1. The van der Waals surface area contributed by atoms with Crippen LogP contribution in [-0.2, 0) is 5.41 Å². The molecular formula is C39H25NO3. The zero-order valence-electron chi connectivity index (χ0n) is 23.6. The molecule has 0 radical (unpaired) electrons. The number of carbonyl (C=O) groups excluding carboxylic acids is 2. The molecule has 0 aromatic heterocycles. The standard InChI is InChI=1S/C39H25NO3/c1-39(2)30-10-7-13-34-36(30)40(31-11-5-6-12-33(31)43-34)32-17-15-25-18-22(14-16-26(25)35(32)39)19-29-37(41)27-20-23-8-3-4-9-24(23)21-28(27)38(29)42/h3-21H,1-2H3. The zero-order valence-corrected chi connectivity index (χ0v) is 23.6. The Morgan fingerprint density at radius 1 is 0.651 bits per heavy atom. The number of nitrogens with zero attached hydrogens (tertiary/aromatic N) is 1. The van der Waals surface area contributed by atoms with Crippen LogP contribution in [0.25, 0.3) is 27.6 Å². The Hall–Kier alpha value is -5.48. The summed E-state index contributed by atoms with van der Waals surface area (Å²) in [6.45, 7) is 4.54. The van der Waals surface area contributed by atoms with Gasteiger partial charge in [0.25, 0.3) is 0 Å². The van der Waals surface area contributed by atoms with Gasteiger partial charge in [-0.1, -0.05) is 80.6 Å². The van der Waals surface area contributed by atoms with Crippen LogP contribution < -0.4 is 9.64 Å². The molecule has 0 saturated heterocycles. The lowest BCUT2D eigenvalue weighted by molar-refractivity contribution is 0.0990. The van der Waals surface area contributed by atoms with Crippen molar-refractivity contribution in [3.8, 4) is 11.5 Å². The predicted octanol–water partition coefficient (Wildman–Crippen LogP) is 9.67. The van der Waals surface area contributed by atoms with Gasteiger partial charge in [0.05, 0.1) is 22.6 Å². The smallest absolute Gasteiger partial charge is 0.197 e. The summed E-state index contributed by atoms with van der Waals surface area (Å²) in [7, 11) is 0. The number of rotatable bonds is 1. The fourth-order valence-electron chi connectivity index (χ4n) is 7.27. The number of para-hydroxylation sites is 3. The van der Waals surface area contributed by atoms with E-state index in [9.17, 15) is 9.59 Å². The molecule has 0 unspecified atom stereocenters. The Morgan fingerprint density at radius 2 is 1.35 bits per heavy atom. The number of anilines is 3. The van der Waals surface area contributed by atoms with E-state index in [-0.39, 0.29) is 22.6 Å². The Morgan fingerprint density at radius 3 is 2.12 bits per heavy atom. The highest BCUT2D eigenvalue weighted by atomic mass is 16.5. The Bertz CT molecular complexity index is 2230. The molecule has 4 heteroatoms. The van der Waals surface area contributed by atoms with Gasteiger partial charge < -0.3 is 9.64 Å². The summed E-state index contributed by atoms with van der Waals surface area (Å²) in [6.07, 6.45) is 1.75. The summed E-state index contributed by atoms with van der Waals surface area (Å²) in [6, 6.07) is 36.5. The number of carbonyl (C=O) groups is 2. The number of benzene rings is 6. The third kappa shape index (κ3) is 3.21. The van der Waals surface area contributed by atoms with Gasteiger partial charge in [0, 0.05) is 16.5 Å². The van der Waals surface area contributed by atoms with Gasteiger partial charge in [-0.25, -0.2) is 0 Å². The molecule has 4 nitrogen and oxygen atoms in total. The van der Waals surface area contributed by atoms with Crippen molar-refractivity contribution < 1.29 is 14.3 Å². The van der Waals surface area contributed by atoms with E-state index in [0.717, 1.165) is 55.7 Å². The third-order valence-corrected chi connectivity index (χ3v) is 9.29. The van der Waals surface area contributed by atoms with Crippen molar-refractivity contribution in [1.29, 1.82) is 0 Å². The number of ketones is 2. The maximum atomic E-state index is 13.4. The minimum absolute atomic E-state index is 0.212. The van der Waals surface area contributed by atoms with Crippen LogP contribution in [0.15, 0.2) is 115 Å². The second-order valence-electron chi connectivity index (χ2n) is 12.1. The van der Waals surface area contributed by atoms with E-state index in [1.807, 2.05) is 66.7 Å². The lowest BCUT2D eigenvalue weighted by atomic mass is 9.71. The fourth-order valence-corrected chi connectivity index (χ4v) is 7.27. The lowest BCUT2D eigenvalue weighted by Crippen LogP contribution is -2.32. The van der Waals surface area contributed by atoms with Crippen LogP contribution in [0.1, 0.15) is 51.3 Å². The molecule has 0 bridgehead atoms. The summed E-state index contributed by atoms with van der Waals surface area (Å²) in [5.74, 6) is 1.27. The van der Waals surface area contributed by atoms with E-state index in [2.05, 4.69) is 61.2 Å². The first-order chi connectivity index (χ1) is 20.9. The molecule has 204 valence electrons. The van der Waals surface area contributed by atoms with Crippen molar-refractivity contribution in [2.75, 3.05) is 4.90 Å². The van der Waals surface area contributed by atoms with Crippen molar-refractivity contribution in [1.82, 2.24) is 0 Å². The van der Waals surface area contributed by atoms with Gasteiger partial charge in [0.2, 0.25) is 0 Å². The average molecular weight is 556 g/mol. The van der Waals surface area contributed by atoms with Crippen molar-refractivity contribution in [2.24, 2.45) is 0 Å². The topological polar surface area (TPSA) is 46.6 Å². The van der Waals surface area contributed by atoms with Crippen molar-refractivity contribution in [3.05, 3.63) is 143 Å². The van der Waals surface area contributed by atoms with Crippen molar-refractivity contribution in [3.63, 3.8) is 0 Å². The first-order valence-electron chi connectivity index (χ1n) is 14.5. The molecule has 0 atom stereocenters. The molecular weight excluding hydrogens is 530 g/mol. The highest BCUT2D eigenvalue weighted by Crippen LogP contribution is 2.60. The van der Waals surface area contributed by atoms with Gasteiger partial charge in [0.15, 0.2) is 23.1 Å². The molecule has 2 aliphatic heterocycles. The Kier molecular flexibility index (Phi) is 4.66. The minimum Gasteiger partial charge on any atom is -0.453 e. The molecule has 3 aliphatic rings. The molecule has 6 aromatic carbocycles. The average Bonchev–Trinajstić information content (AvgIpc) is 3.25. The molecule has 1 aliphatic carbocycles. The van der Waals surface area contributed by atoms with E-state index >= 15 is 0 Å². The highest BCUT2D eigenvalue weighted by molar-refractivity contribution is 6.42. The van der Waals surface area contributed by atoms with Crippen molar-refractivity contribution >= 4 is 56.2 Å². The second-order valence-corrected chi connectivity index (χ2v) is 12.1. The fraction of sp³-hybridized carbons (Fsp3) is 0.0769. The van der Waals surface area contributed by atoms with E-state index < -0.39 is 0 Å². The van der Waals surface area contributed by atoms with Crippen LogP contribution in [0, 0.1) is 0 Å². The maximum Gasteiger partial charge on any atom is 0.197 e. The molecule has 0 N–H and O–H groups in total. The SMILES string of the molecule is CC1(C)c2cccc3c2N(c2ccccc2O3)c2ccc3cc(C=C4C(=O)c5cc6ccccc6cc5C4=O)ccc3c21. The molecule has 6 aromatic rings.